The quantitative estimate of drug-likeness (QED) is 0.388. The second kappa shape index (κ2) is 8.85. The highest BCUT2D eigenvalue weighted by Crippen LogP contribution is 2.20. The van der Waals surface area contributed by atoms with Gasteiger partial charge in [0.2, 0.25) is 0 Å². The maximum absolute atomic E-state index is 13.1. The van der Waals surface area contributed by atoms with Crippen molar-refractivity contribution in [3.05, 3.63) is 46.1 Å². The van der Waals surface area contributed by atoms with Gasteiger partial charge in [-0.1, -0.05) is 11.3 Å². The molecule has 0 amide bonds. The smallest absolute Gasteiger partial charge is 0.263 e. The third-order valence-electron chi connectivity index (χ3n) is 4.21. The summed E-state index contributed by atoms with van der Waals surface area (Å²) in [6.07, 6.45) is 1.64. The Balaban J connectivity index is 1.89. The van der Waals surface area contributed by atoms with Gasteiger partial charge in [0.1, 0.15) is 19.1 Å². The SMILES string of the molecule is COc1ccc2nc(COc3cncs3)n(COCC[Si-](C)(C)C)c(=O)c2c1. The van der Waals surface area contributed by atoms with Crippen molar-refractivity contribution in [1.29, 1.82) is 0 Å². The van der Waals surface area contributed by atoms with Crippen LogP contribution < -0.4 is 15.0 Å². The summed E-state index contributed by atoms with van der Waals surface area (Å²) in [4.78, 5) is 21.7. The summed E-state index contributed by atoms with van der Waals surface area (Å²) in [5.74, 6) is 1.13. The van der Waals surface area contributed by atoms with Crippen LogP contribution in [0, 0.1) is 0 Å². The van der Waals surface area contributed by atoms with Crippen LogP contribution in [0.2, 0.25) is 25.7 Å². The molecular weight excluding hydrogens is 394 g/mol. The van der Waals surface area contributed by atoms with Crippen molar-refractivity contribution in [2.75, 3.05) is 13.7 Å². The highest BCUT2D eigenvalue weighted by atomic mass is 32.1. The van der Waals surface area contributed by atoms with Crippen molar-refractivity contribution in [1.82, 2.24) is 14.5 Å². The summed E-state index contributed by atoms with van der Waals surface area (Å²) in [7, 11) is 0.368. The van der Waals surface area contributed by atoms with E-state index in [2.05, 4.69) is 29.6 Å². The van der Waals surface area contributed by atoms with Crippen molar-refractivity contribution in [2.45, 2.75) is 39.0 Å². The molecule has 3 rings (SSSR count). The van der Waals surface area contributed by atoms with Crippen LogP contribution in [-0.2, 0) is 18.1 Å². The zero-order chi connectivity index (χ0) is 20.1. The minimum atomic E-state index is -1.21. The highest BCUT2D eigenvalue weighted by molar-refractivity contribution is 7.11. The fourth-order valence-corrected chi connectivity index (χ4v) is 3.79. The predicted molar refractivity (Wildman–Crippen MR) is 113 cm³/mol. The van der Waals surface area contributed by atoms with Gasteiger partial charge in [-0.05, 0) is 18.2 Å². The van der Waals surface area contributed by atoms with Crippen LogP contribution in [0.5, 0.6) is 10.8 Å². The number of fused-ring (bicyclic) bond motifs is 1. The van der Waals surface area contributed by atoms with E-state index in [1.807, 2.05) is 0 Å². The fraction of sp³-hybridized carbons (Fsp3) is 0.421. The lowest BCUT2D eigenvalue weighted by atomic mass is 10.2. The molecule has 0 saturated carbocycles. The third kappa shape index (κ3) is 5.18. The molecule has 7 nitrogen and oxygen atoms in total. The Morgan fingerprint density at radius 3 is 2.75 bits per heavy atom. The van der Waals surface area contributed by atoms with E-state index in [0.29, 0.717) is 34.1 Å². The molecule has 0 spiro atoms. The third-order valence-corrected chi connectivity index (χ3v) is 6.60. The predicted octanol–water partition coefficient (Wildman–Crippen LogP) is 3.75. The molecule has 0 atom stereocenters. The first-order valence-electron chi connectivity index (χ1n) is 9.04. The number of hydrogen-bond donors (Lipinski definition) is 0. The monoisotopic (exact) mass is 419 g/mol. The van der Waals surface area contributed by atoms with E-state index in [9.17, 15) is 4.79 Å². The van der Waals surface area contributed by atoms with Crippen LogP contribution in [0.1, 0.15) is 5.82 Å². The molecule has 3 aromatic rings. The Kier molecular flexibility index (Phi) is 6.48. The standard InChI is InChI=1S/C19H25N3O4SSi/c1-24-14-5-6-16-15(9-14)19(23)22(13-25-7-8-28(2,3)4)17(21-16)11-26-18-10-20-12-27-18/h5-6,9-10,12H,7-8,11,13H2,1-4H3/q-1. The zero-order valence-corrected chi connectivity index (χ0v) is 18.4. The van der Waals surface area contributed by atoms with Gasteiger partial charge in [-0.15, -0.1) is 14.1 Å². The van der Waals surface area contributed by atoms with Crippen LogP contribution in [-0.4, -0.2) is 36.3 Å². The Bertz CT molecular complexity index is 983. The Hall–Kier alpha value is -2.23. The fourth-order valence-electron chi connectivity index (χ4n) is 2.56. The molecule has 0 saturated heterocycles. The van der Waals surface area contributed by atoms with Gasteiger partial charge >= 0.3 is 0 Å². The van der Waals surface area contributed by atoms with Gasteiger partial charge in [-0.25, -0.2) is 9.97 Å². The molecular formula is C19H25N3O4SSi-. The summed E-state index contributed by atoms with van der Waals surface area (Å²) < 4.78 is 18.3. The highest BCUT2D eigenvalue weighted by Gasteiger charge is 2.13. The average molecular weight is 420 g/mol. The Morgan fingerprint density at radius 2 is 2.07 bits per heavy atom. The number of aromatic nitrogens is 3. The van der Waals surface area contributed by atoms with Crippen LogP contribution >= 0.6 is 11.3 Å². The lowest BCUT2D eigenvalue weighted by Gasteiger charge is -2.26. The molecule has 28 heavy (non-hydrogen) atoms. The van der Waals surface area contributed by atoms with Crippen LogP contribution in [0.4, 0.5) is 0 Å². The number of thiazole rings is 1. The summed E-state index contributed by atoms with van der Waals surface area (Å²) in [5.41, 5.74) is 2.13. The normalized spacial score (nSPS) is 11.7. The molecule has 0 bridgehead atoms. The maximum Gasteiger partial charge on any atom is 0.263 e. The van der Waals surface area contributed by atoms with Crippen molar-refractivity contribution in [2.24, 2.45) is 0 Å². The van der Waals surface area contributed by atoms with Gasteiger partial charge < -0.3 is 14.2 Å². The van der Waals surface area contributed by atoms with Gasteiger partial charge in [0.25, 0.3) is 5.56 Å². The number of hydrogen-bond acceptors (Lipinski definition) is 7. The molecule has 0 N–H and O–H groups in total. The zero-order valence-electron chi connectivity index (χ0n) is 16.6. The van der Waals surface area contributed by atoms with E-state index in [1.165, 1.54) is 15.9 Å². The molecule has 2 aromatic heterocycles. The number of ether oxygens (including phenoxy) is 3. The van der Waals surface area contributed by atoms with Crippen molar-refractivity contribution < 1.29 is 14.2 Å². The van der Waals surface area contributed by atoms with Gasteiger partial charge in [-0.2, -0.15) is 19.6 Å². The average Bonchev–Trinajstić information content (AvgIpc) is 3.17. The first-order valence-corrected chi connectivity index (χ1v) is 13.6. The van der Waals surface area contributed by atoms with Gasteiger partial charge in [-0.3, -0.25) is 9.36 Å². The summed E-state index contributed by atoms with van der Waals surface area (Å²) in [6.45, 7) is 7.80. The van der Waals surface area contributed by atoms with Crippen molar-refractivity contribution in [3.8, 4) is 10.8 Å². The van der Waals surface area contributed by atoms with Crippen molar-refractivity contribution >= 4 is 30.3 Å². The molecule has 0 aliphatic rings. The Morgan fingerprint density at radius 1 is 1.25 bits per heavy atom. The van der Waals surface area contributed by atoms with E-state index in [0.717, 1.165) is 6.04 Å². The number of methoxy groups -OCH3 is 1. The largest absolute Gasteiger partial charge is 0.497 e. The Labute approximate surface area is 168 Å². The minimum absolute atomic E-state index is 0.144. The summed E-state index contributed by atoms with van der Waals surface area (Å²) >= 11 is 1.39. The number of benzene rings is 1. The first kappa shape index (κ1) is 20.5. The molecule has 151 valence electrons. The number of nitrogens with zero attached hydrogens (tertiary/aromatic N) is 3. The lowest BCUT2D eigenvalue weighted by Crippen LogP contribution is -2.28. The van der Waals surface area contributed by atoms with E-state index in [-0.39, 0.29) is 18.9 Å². The molecule has 0 aliphatic carbocycles. The molecule has 1 aromatic carbocycles. The summed E-state index contributed by atoms with van der Waals surface area (Å²) in [5, 5.41) is 1.17. The molecule has 0 fully saturated rings. The van der Waals surface area contributed by atoms with Crippen LogP contribution in [0.15, 0.2) is 34.7 Å². The van der Waals surface area contributed by atoms with Crippen molar-refractivity contribution in [3.63, 3.8) is 0 Å². The molecule has 2 heterocycles. The molecule has 0 unspecified atom stereocenters. The maximum atomic E-state index is 13.1. The first-order chi connectivity index (χ1) is 13.4. The van der Waals surface area contributed by atoms with Crippen LogP contribution in [0.3, 0.4) is 0 Å². The topological polar surface area (TPSA) is 75.5 Å². The summed E-state index contributed by atoms with van der Waals surface area (Å²) in [6, 6.07) is 6.31. The lowest BCUT2D eigenvalue weighted by molar-refractivity contribution is 0.0794. The van der Waals surface area contributed by atoms with Gasteiger partial charge in [0, 0.05) is 6.61 Å². The second-order valence-corrected chi connectivity index (χ2v) is 14.1. The van der Waals surface area contributed by atoms with E-state index in [1.54, 1.807) is 37.0 Å². The molecule has 0 aliphatic heterocycles. The van der Waals surface area contributed by atoms with E-state index < -0.39 is 8.07 Å². The molecule has 0 radical (unpaired) electrons. The number of rotatable bonds is 9. The van der Waals surface area contributed by atoms with Gasteiger partial charge in [0.15, 0.2) is 10.9 Å². The van der Waals surface area contributed by atoms with E-state index in [4.69, 9.17) is 14.2 Å². The minimum Gasteiger partial charge on any atom is -0.497 e. The van der Waals surface area contributed by atoms with Crippen LogP contribution in [0.25, 0.3) is 10.9 Å². The second-order valence-electron chi connectivity index (χ2n) is 7.60. The molecule has 9 heteroatoms. The van der Waals surface area contributed by atoms with E-state index >= 15 is 0 Å². The van der Waals surface area contributed by atoms with Gasteiger partial charge in [0.05, 0.1) is 29.7 Å².